The van der Waals surface area contributed by atoms with Crippen LogP contribution in [0.25, 0.3) is 0 Å². The molecule has 0 amide bonds. The highest BCUT2D eigenvalue weighted by molar-refractivity contribution is 6.99. The summed E-state index contributed by atoms with van der Waals surface area (Å²) in [7, 11) is -2.56. The van der Waals surface area contributed by atoms with Crippen molar-refractivity contribution in [3.63, 3.8) is 0 Å². The van der Waals surface area contributed by atoms with Crippen LogP contribution >= 0.6 is 0 Å². The second kappa shape index (κ2) is 13.9. The van der Waals surface area contributed by atoms with E-state index in [4.69, 9.17) is 4.43 Å². The van der Waals surface area contributed by atoms with Gasteiger partial charge in [0.2, 0.25) is 0 Å². The van der Waals surface area contributed by atoms with Gasteiger partial charge in [-0.15, -0.1) is 0 Å². The highest BCUT2D eigenvalue weighted by Crippen LogP contribution is 2.38. The molecule has 0 heterocycles. The van der Waals surface area contributed by atoms with Crippen LogP contribution in [0.1, 0.15) is 58.2 Å². The summed E-state index contributed by atoms with van der Waals surface area (Å²) in [6.45, 7) is 12.4. The molecular formula is C37H45NOSi. The smallest absolute Gasteiger partial charge is 0.261 e. The van der Waals surface area contributed by atoms with E-state index in [1.807, 2.05) is 0 Å². The summed E-state index contributed by atoms with van der Waals surface area (Å²) in [5.41, 5.74) is 2.61. The molecular weight excluding hydrogens is 502 g/mol. The molecule has 4 rings (SSSR count). The van der Waals surface area contributed by atoms with E-state index in [1.54, 1.807) is 0 Å². The molecule has 0 fully saturated rings. The first-order valence-electron chi connectivity index (χ1n) is 14.6. The maximum atomic E-state index is 7.28. The molecule has 4 aromatic rings. The third kappa shape index (κ3) is 7.28. The molecule has 3 atom stereocenters. The van der Waals surface area contributed by atoms with E-state index in [1.165, 1.54) is 21.5 Å². The fourth-order valence-corrected chi connectivity index (χ4v) is 10.4. The molecule has 0 aromatic heterocycles. The van der Waals surface area contributed by atoms with Crippen LogP contribution in [-0.2, 0) is 11.0 Å². The van der Waals surface area contributed by atoms with Crippen LogP contribution < -0.4 is 15.7 Å². The predicted octanol–water partition coefficient (Wildman–Crippen LogP) is 8.07. The zero-order valence-corrected chi connectivity index (χ0v) is 25.8. The molecule has 0 aliphatic rings. The molecule has 3 heteroatoms. The third-order valence-electron chi connectivity index (χ3n) is 7.76. The van der Waals surface area contributed by atoms with Crippen molar-refractivity contribution in [2.75, 3.05) is 0 Å². The maximum Gasteiger partial charge on any atom is 0.261 e. The van der Waals surface area contributed by atoms with Crippen LogP contribution in [-0.4, -0.2) is 14.4 Å². The monoisotopic (exact) mass is 547 g/mol. The van der Waals surface area contributed by atoms with Gasteiger partial charge in [-0.2, -0.15) is 0 Å². The Hall–Kier alpha value is -3.24. The van der Waals surface area contributed by atoms with Crippen LogP contribution in [0.3, 0.4) is 0 Å². The fourth-order valence-electron chi connectivity index (χ4n) is 5.73. The third-order valence-corrected chi connectivity index (χ3v) is 12.9. The van der Waals surface area contributed by atoms with Gasteiger partial charge in [-0.3, -0.25) is 0 Å². The van der Waals surface area contributed by atoms with Crippen molar-refractivity contribution >= 4 is 18.7 Å². The largest absolute Gasteiger partial charge is 0.404 e. The van der Waals surface area contributed by atoms with E-state index in [2.05, 4.69) is 173 Å². The van der Waals surface area contributed by atoms with Gasteiger partial charge in [0.1, 0.15) is 0 Å². The van der Waals surface area contributed by atoms with Crippen LogP contribution in [0, 0.1) is 5.92 Å². The maximum absolute atomic E-state index is 7.28. The van der Waals surface area contributed by atoms with Crippen molar-refractivity contribution < 1.29 is 4.43 Å². The van der Waals surface area contributed by atoms with Crippen molar-refractivity contribution in [1.82, 2.24) is 5.32 Å². The lowest BCUT2D eigenvalue weighted by molar-refractivity contribution is 0.209. The van der Waals surface area contributed by atoms with Crippen LogP contribution in [0.2, 0.25) is 5.04 Å². The molecule has 1 N–H and O–H groups in total. The Balaban J connectivity index is 1.52. The van der Waals surface area contributed by atoms with E-state index in [9.17, 15) is 0 Å². The highest BCUT2D eigenvalue weighted by Gasteiger charge is 2.50. The average molecular weight is 548 g/mol. The topological polar surface area (TPSA) is 21.3 Å². The Morgan fingerprint density at radius 1 is 0.700 bits per heavy atom. The van der Waals surface area contributed by atoms with Gasteiger partial charge in [-0.05, 0) is 45.8 Å². The summed E-state index contributed by atoms with van der Waals surface area (Å²) in [5, 5.41) is 6.44. The first-order valence-corrected chi connectivity index (χ1v) is 16.5. The lowest BCUT2D eigenvalue weighted by Crippen LogP contribution is -2.67. The first-order chi connectivity index (χ1) is 19.3. The number of rotatable bonds is 12. The summed E-state index contributed by atoms with van der Waals surface area (Å²) in [6, 6.07) is 43.5. The number of benzene rings is 4. The van der Waals surface area contributed by atoms with Gasteiger partial charge in [-0.1, -0.05) is 161 Å². The molecule has 0 bridgehead atoms. The first kappa shape index (κ1) is 29.7. The van der Waals surface area contributed by atoms with Gasteiger partial charge >= 0.3 is 0 Å². The van der Waals surface area contributed by atoms with E-state index in [0.717, 1.165) is 13.0 Å². The van der Waals surface area contributed by atoms with Crippen LogP contribution in [0.15, 0.2) is 133 Å². The average Bonchev–Trinajstić information content (AvgIpc) is 2.97. The summed E-state index contributed by atoms with van der Waals surface area (Å²) < 4.78 is 7.28. The normalized spacial score (nSPS) is 14.6. The minimum atomic E-state index is -2.56. The van der Waals surface area contributed by atoms with Gasteiger partial charge in [0.15, 0.2) is 0 Å². The van der Waals surface area contributed by atoms with Crippen molar-refractivity contribution in [3.05, 3.63) is 145 Å². The molecule has 0 aliphatic carbocycles. The Labute approximate surface area is 243 Å². The Kier molecular flexibility index (Phi) is 10.3. The molecule has 2 nitrogen and oxygen atoms in total. The van der Waals surface area contributed by atoms with Gasteiger partial charge in [-0.25, -0.2) is 0 Å². The Morgan fingerprint density at radius 3 is 1.68 bits per heavy atom. The van der Waals surface area contributed by atoms with E-state index in [0.29, 0.717) is 5.92 Å². The molecule has 208 valence electrons. The SMILES string of the molecule is C[C@H](C/C=C\[C@H](C)[C@H](NCc1ccccc1)c1ccccc1)O[Si](c1ccccc1)(c1ccccc1)C(C)(C)C. The van der Waals surface area contributed by atoms with Crippen LogP contribution in [0.4, 0.5) is 0 Å². The molecule has 0 saturated carbocycles. The standard InChI is InChI=1S/C37H45NOSi/c1-30(36(33-23-12-7-13-24-33)38-29-32-21-10-6-11-22-32)19-18-20-31(2)39-40(37(3,4)5,34-25-14-8-15-26-34)35-27-16-9-17-28-35/h6-19,21-28,30-31,36,38H,20,29H2,1-5H3/b19-18-/t30-,31+,36-/m0/s1. The molecule has 0 unspecified atom stereocenters. The zero-order chi connectivity index (χ0) is 28.4. The minimum absolute atomic E-state index is 0.0270. The van der Waals surface area contributed by atoms with Gasteiger partial charge in [0.05, 0.1) is 0 Å². The van der Waals surface area contributed by atoms with E-state index in [-0.39, 0.29) is 17.2 Å². The number of hydrogen-bond acceptors (Lipinski definition) is 2. The molecule has 4 aromatic carbocycles. The molecule has 40 heavy (non-hydrogen) atoms. The van der Waals surface area contributed by atoms with Gasteiger partial charge in [0, 0.05) is 18.7 Å². The summed E-state index contributed by atoms with van der Waals surface area (Å²) in [5.74, 6) is 0.325. The van der Waals surface area contributed by atoms with Crippen molar-refractivity contribution in [1.29, 1.82) is 0 Å². The summed E-state index contributed by atoms with van der Waals surface area (Å²) in [6.07, 6.45) is 5.64. The second-order valence-corrected chi connectivity index (χ2v) is 16.1. The summed E-state index contributed by atoms with van der Waals surface area (Å²) >= 11 is 0. The van der Waals surface area contributed by atoms with Crippen LogP contribution in [0.5, 0.6) is 0 Å². The molecule has 0 aliphatic heterocycles. The van der Waals surface area contributed by atoms with Gasteiger partial charge < -0.3 is 9.74 Å². The van der Waals surface area contributed by atoms with E-state index >= 15 is 0 Å². The highest BCUT2D eigenvalue weighted by atomic mass is 28.4. The lowest BCUT2D eigenvalue weighted by atomic mass is 9.93. The second-order valence-electron chi connectivity index (χ2n) is 11.9. The zero-order valence-electron chi connectivity index (χ0n) is 24.8. The van der Waals surface area contributed by atoms with Crippen molar-refractivity contribution in [2.45, 2.75) is 64.8 Å². The van der Waals surface area contributed by atoms with Crippen molar-refractivity contribution in [2.24, 2.45) is 5.92 Å². The number of nitrogens with one attached hydrogen (secondary N) is 1. The lowest BCUT2D eigenvalue weighted by Gasteiger charge is -2.44. The Bertz CT molecular complexity index is 1260. The van der Waals surface area contributed by atoms with E-state index < -0.39 is 8.32 Å². The van der Waals surface area contributed by atoms with Crippen molar-refractivity contribution in [3.8, 4) is 0 Å². The fraction of sp³-hybridized carbons (Fsp3) is 0.297. The predicted molar refractivity (Wildman–Crippen MR) is 174 cm³/mol. The minimum Gasteiger partial charge on any atom is -0.404 e. The summed E-state index contributed by atoms with van der Waals surface area (Å²) in [4.78, 5) is 0. The molecule has 0 radical (unpaired) electrons. The number of hydrogen-bond donors (Lipinski definition) is 1. The molecule has 0 spiro atoms. The Morgan fingerprint density at radius 2 is 1.18 bits per heavy atom. The molecule has 0 saturated heterocycles. The van der Waals surface area contributed by atoms with Gasteiger partial charge in [0.25, 0.3) is 8.32 Å². The quantitative estimate of drug-likeness (QED) is 0.143.